The van der Waals surface area contributed by atoms with Crippen LogP contribution in [0.5, 0.6) is 0 Å². The van der Waals surface area contributed by atoms with E-state index < -0.39 is 12.1 Å². The Bertz CT molecular complexity index is 379. The van der Waals surface area contributed by atoms with E-state index in [2.05, 4.69) is 0 Å². The van der Waals surface area contributed by atoms with E-state index >= 15 is 0 Å². The minimum atomic E-state index is -1.02. The molecule has 5 nitrogen and oxygen atoms in total. The molecular formula is C12H17NO4. The zero-order valence-electron chi connectivity index (χ0n) is 9.71. The van der Waals surface area contributed by atoms with Crippen LogP contribution in [0, 0.1) is 0 Å². The van der Waals surface area contributed by atoms with Crippen molar-refractivity contribution in [3.05, 3.63) is 29.8 Å². The number of carboxylic acid groups (broad SMARTS) is 1. The van der Waals surface area contributed by atoms with E-state index in [0.29, 0.717) is 5.69 Å². The molecule has 0 bridgehead atoms. The predicted octanol–water partition coefficient (Wildman–Crippen LogP) is 0.564. The third-order valence-electron chi connectivity index (χ3n) is 2.33. The van der Waals surface area contributed by atoms with Crippen molar-refractivity contribution < 1.29 is 20.1 Å². The summed E-state index contributed by atoms with van der Waals surface area (Å²) in [6, 6.07) is 6.55. The van der Waals surface area contributed by atoms with Gasteiger partial charge in [0.05, 0.1) is 24.0 Å². The lowest BCUT2D eigenvalue weighted by atomic mass is 10.1. The van der Waals surface area contributed by atoms with E-state index in [4.69, 9.17) is 10.2 Å². The van der Waals surface area contributed by atoms with Gasteiger partial charge in [-0.05, 0) is 19.1 Å². The molecule has 1 aromatic carbocycles. The van der Waals surface area contributed by atoms with Crippen LogP contribution in [0.25, 0.3) is 0 Å². The average Bonchev–Trinajstić information content (AvgIpc) is 2.28. The molecule has 0 saturated carbocycles. The highest BCUT2D eigenvalue weighted by atomic mass is 16.4. The van der Waals surface area contributed by atoms with Gasteiger partial charge in [0.25, 0.3) is 0 Å². The highest BCUT2D eigenvalue weighted by Crippen LogP contribution is 2.20. The Morgan fingerprint density at radius 2 is 2.06 bits per heavy atom. The number of aliphatic hydroxyl groups excluding tert-OH is 2. The van der Waals surface area contributed by atoms with Gasteiger partial charge in [-0.25, -0.2) is 4.79 Å². The van der Waals surface area contributed by atoms with Gasteiger partial charge in [0.2, 0.25) is 0 Å². The van der Waals surface area contributed by atoms with Crippen molar-refractivity contribution in [3.63, 3.8) is 0 Å². The molecule has 1 rings (SSSR count). The molecule has 94 valence electrons. The third-order valence-corrected chi connectivity index (χ3v) is 2.33. The summed E-state index contributed by atoms with van der Waals surface area (Å²) < 4.78 is 0. The second kappa shape index (κ2) is 6.22. The van der Waals surface area contributed by atoms with E-state index in [0.717, 1.165) is 0 Å². The normalized spacial score (nSPS) is 12.2. The summed E-state index contributed by atoms with van der Waals surface area (Å²) >= 11 is 0. The number of aromatic carboxylic acids is 1. The molecule has 1 unspecified atom stereocenters. The molecule has 17 heavy (non-hydrogen) atoms. The zero-order valence-corrected chi connectivity index (χ0v) is 9.71. The Morgan fingerprint density at radius 3 is 2.59 bits per heavy atom. The summed E-state index contributed by atoms with van der Waals surface area (Å²) in [5.41, 5.74) is 0.677. The van der Waals surface area contributed by atoms with Crippen LogP contribution in [0.2, 0.25) is 0 Å². The van der Waals surface area contributed by atoms with Crippen molar-refractivity contribution in [2.75, 3.05) is 24.6 Å². The zero-order chi connectivity index (χ0) is 12.8. The molecule has 0 aliphatic rings. The number of carbonyl (C=O) groups is 1. The molecule has 5 heteroatoms. The number of hydrogen-bond acceptors (Lipinski definition) is 4. The van der Waals surface area contributed by atoms with Gasteiger partial charge >= 0.3 is 5.97 Å². The minimum absolute atomic E-state index is 0.0966. The van der Waals surface area contributed by atoms with Crippen LogP contribution < -0.4 is 4.90 Å². The van der Waals surface area contributed by atoms with Gasteiger partial charge in [-0.1, -0.05) is 12.1 Å². The van der Waals surface area contributed by atoms with Crippen LogP contribution in [0.3, 0.4) is 0 Å². The maximum Gasteiger partial charge on any atom is 0.337 e. The molecule has 0 aromatic heterocycles. The van der Waals surface area contributed by atoms with E-state index in [1.54, 1.807) is 30.0 Å². The van der Waals surface area contributed by atoms with Crippen molar-refractivity contribution in [1.82, 2.24) is 0 Å². The van der Waals surface area contributed by atoms with Gasteiger partial charge in [-0.15, -0.1) is 0 Å². The predicted molar refractivity (Wildman–Crippen MR) is 64.4 cm³/mol. The summed E-state index contributed by atoms with van der Waals surface area (Å²) in [4.78, 5) is 12.7. The van der Waals surface area contributed by atoms with Crippen molar-refractivity contribution in [2.45, 2.75) is 13.0 Å². The van der Waals surface area contributed by atoms with Crippen molar-refractivity contribution in [1.29, 1.82) is 0 Å². The van der Waals surface area contributed by atoms with Gasteiger partial charge < -0.3 is 20.2 Å². The van der Waals surface area contributed by atoms with Crippen molar-refractivity contribution in [2.24, 2.45) is 0 Å². The van der Waals surface area contributed by atoms with E-state index in [9.17, 15) is 9.90 Å². The first-order valence-electron chi connectivity index (χ1n) is 5.42. The number of para-hydroxylation sites is 1. The molecule has 0 heterocycles. The largest absolute Gasteiger partial charge is 0.478 e. The van der Waals surface area contributed by atoms with Gasteiger partial charge in [0.1, 0.15) is 0 Å². The Balaban J connectivity index is 3.04. The average molecular weight is 239 g/mol. The fourth-order valence-electron chi connectivity index (χ4n) is 1.68. The summed E-state index contributed by atoms with van der Waals surface area (Å²) in [5.74, 6) is -1.02. The van der Waals surface area contributed by atoms with Gasteiger partial charge in [-0.3, -0.25) is 0 Å². The molecule has 1 aromatic rings. The molecule has 0 radical (unpaired) electrons. The van der Waals surface area contributed by atoms with Crippen LogP contribution >= 0.6 is 0 Å². The summed E-state index contributed by atoms with van der Waals surface area (Å²) in [6.45, 7) is 2.09. The van der Waals surface area contributed by atoms with Crippen LogP contribution in [0.4, 0.5) is 5.69 Å². The molecule has 1 atom stereocenters. The number of hydrogen-bond donors (Lipinski definition) is 3. The van der Waals surface area contributed by atoms with Crippen molar-refractivity contribution >= 4 is 11.7 Å². The number of carboxylic acids is 1. The van der Waals surface area contributed by atoms with Crippen LogP contribution in [0.1, 0.15) is 17.3 Å². The maximum atomic E-state index is 11.1. The first-order chi connectivity index (χ1) is 8.06. The van der Waals surface area contributed by atoms with Gasteiger partial charge in [-0.2, -0.15) is 0 Å². The number of aliphatic hydroxyl groups is 2. The van der Waals surface area contributed by atoms with E-state index in [1.807, 2.05) is 0 Å². The van der Waals surface area contributed by atoms with Crippen LogP contribution in [0.15, 0.2) is 24.3 Å². The Labute approximate surface area is 99.9 Å². The van der Waals surface area contributed by atoms with Crippen molar-refractivity contribution in [3.8, 4) is 0 Å². The summed E-state index contributed by atoms with van der Waals surface area (Å²) in [7, 11) is 0. The second-order valence-electron chi connectivity index (χ2n) is 3.84. The SMILES string of the molecule is CC(O)CN(CCO)c1ccccc1C(=O)O. The van der Waals surface area contributed by atoms with Crippen LogP contribution in [-0.4, -0.2) is 47.1 Å². The maximum absolute atomic E-state index is 11.1. The fraction of sp³-hybridized carbons (Fsp3) is 0.417. The number of rotatable bonds is 6. The third kappa shape index (κ3) is 3.72. The molecule has 0 aliphatic carbocycles. The van der Waals surface area contributed by atoms with E-state index in [-0.39, 0.29) is 25.3 Å². The Hall–Kier alpha value is -1.59. The van der Waals surface area contributed by atoms with Crippen LogP contribution in [-0.2, 0) is 0 Å². The molecule has 3 N–H and O–H groups in total. The molecule has 0 spiro atoms. The second-order valence-corrected chi connectivity index (χ2v) is 3.84. The quantitative estimate of drug-likeness (QED) is 0.676. The molecular weight excluding hydrogens is 222 g/mol. The lowest BCUT2D eigenvalue weighted by Gasteiger charge is -2.26. The highest BCUT2D eigenvalue weighted by molar-refractivity contribution is 5.94. The first-order valence-corrected chi connectivity index (χ1v) is 5.42. The first kappa shape index (κ1) is 13.5. The monoisotopic (exact) mass is 239 g/mol. The topological polar surface area (TPSA) is 81.0 Å². The Kier molecular flexibility index (Phi) is 4.93. The van der Waals surface area contributed by atoms with E-state index in [1.165, 1.54) is 6.07 Å². The minimum Gasteiger partial charge on any atom is -0.478 e. The lowest BCUT2D eigenvalue weighted by molar-refractivity contribution is 0.0697. The highest BCUT2D eigenvalue weighted by Gasteiger charge is 2.16. The Morgan fingerprint density at radius 1 is 1.41 bits per heavy atom. The van der Waals surface area contributed by atoms with Gasteiger partial charge in [0, 0.05) is 13.1 Å². The molecule has 0 fully saturated rings. The van der Waals surface area contributed by atoms with Gasteiger partial charge in [0.15, 0.2) is 0 Å². The number of nitrogens with zero attached hydrogens (tertiary/aromatic N) is 1. The standard InChI is InChI=1S/C12H17NO4/c1-9(15)8-13(6-7-14)11-5-3-2-4-10(11)12(16)17/h2-5,9,14-15H,6-8H2,1H3,(H,16,17). The molecule has 0 amide bonds. The molecule has 0 saturated heterocycles. The summed E-state index contributed by atoms with van der Waals surface area (Å²) in [5, 5.41) is 27.4. The fourth-order valence-corrected chi connectivity index (χ4v) is 1.68. The number of anilines is 1. The lowest BCUT2D eigenvalue weighted by Crippen LogP contribution is -2.34. The summed E-state index contributed by atoms with van der Waals surface area (Å²) in [6.07, 6.45) is -0.594. The number of benzene rings is 1. The molecule has 0 aliphatic heterocycles. The smallest absolute Gasteiger partial charge is 0.337 e.